The molecule has 1 amide bonds. The van der Waals surface area contributed by atoms with Crippen molar-refractivity contribution < 1.29 is 9.53 Å². The zero-order chi connectivity index (χ0) is 25.8. The molecule has 0 saturated carbocycles. The van der Waals surface area contributed by atoms with Crippen LogP contribution in [0.4, 0.5) is 23.0 Å². The van der Waals surface area contributed by atoms with Crippen molar-refractivity contribution in [3.8, 4) is 11.6 Å². The molecule has 2 N–H and O–H groups in total. The highest BCUT2D eigenvalue weighted by atomic mass is 35.5. The van der Waals surface area contributed by atoms with E-state index in [-0.39, 0.29) is 17.8 Å². The Hall–Kier alpha value is -3.82. The number of ether oxygens (including phenoxy) is 1. The van der Waals surface area contributed by atoms with Crippen LogP contribution in [0, 0.1) is 0 Å². The zero-order valence-electron chi connectivity index (χ0n) is 20.7. The van der Waals surface area contributed by atoms with E-state index in [4.69, 9.17) is 16.3 Å². The van der Waals surface area contributed by atoms with Gasteiger partial charge in [-0.05, 0) is 49.5 Å². The second-order valence-electron chi connectivity index (χ2n) is 9.23. The molecule has 0 bridgehead atoms. The van der Waals surface area contributed by atoms with E-state index in [0.717, 1.165) is 37.6 Å². The number of nitrogens with zero attached hydrogens (tertiary/aromatic N) is 5. The number of amides is 1. The predicted octanol–water partition coefficient (Wildman–Crippen LogP) is 4.23. The molecule has 5 rings (SSSR count). The Morgan fingerprint density at radius 2 is 1.86 bits per heavy atom. The number of benzene rings is 2. The zero-order valence-corrected chi connectivity index (χ0v) is 21.5. The van der Waals surface area contributed by atoms with Gasteiger partial charge in [0, 0.05) is 62.4 Å². The monoisotopic (exact) mass is 519 g/mol. The van der Waals surface area contributed by atoms with Crippen molar-refractivity contribution in [2.75, 3.05) is 61.8 Å². The number of halogens is 1. The molecule has 192 valence electrons. The first kappa shape index (κ1) is 24.9. The van der Waals surface area contributed by atoms with Gasteiger partial charge in [-0.15, -0.1) is 0 Å². The van der Waals surface area contributed by atoms with E-state index in [1.165, 1.54) is 18.0 Å². The maximum Gasteiger partial charge on any atom is 0.246 e. The molecule has 0 spiro atoms. The first-order valence-electron chi connectivity index (χ1n) is 12.3. The second kappa shape index (κ2) is 11.1. The lowest BCUT2D eigenvalue weighted by molar-refractivity contribution is -0.129. The fraction of sp³-hybridized carbons (Fsp3) is 0.296. The molecule has 2 aliphatic rings. The molecule has 1 aromatic heterocycles. The van der Waals surface area contributed by atoms with Crippen LogP contribution in [0.2, 0.25) is 5.02 Å². The van der Waals surface area contributed by atoms with Crippen molar-refractivity contribution in [1.29, 1.82) is 0 Å². The third kappa shape index (κ3) is 6.12. The molecule has 2 fully saturated rings. The van der Waals surface area contributed by atoms with E-state index in [2.05, 4.69) is 56.2 Å². The molecule has 0 atom stereocenters. The summed E-state index contributed by atoms with van der Waals surface area (Å²) in [6.07, 6.45) is 2.86. The van der Waals surface area contributed by atoms with E-state index < -0.39 is 0 Å². The molecule has 0 radical (unpaired) electrons. The summed E-state index contributed by atoms with van der Waals surface area (Å²) < 4.78 is 5.99. The Bertz CT molecular complexity index is 1260. The Morgan fingerprint density at radius 3 is 2.59 bits per heavy atom. The Labute approximate surface area is 221 Å². The van der Waals surface area contributed by atoms with Crippen LogP contribution in [0.3, 0.4) is 0 Å². The molecular weight excluding hydrogens is 490 g/mol. The van der Waals surface area contributed by atoms with Gasteiger partial charge in [-0.25, -0.2) is 4.98 Å². The average molecular weight is 520 g/mol. The van der Waals surface area contributed by atoms with Gasteiger partial charge in [0.1, 0.15) is 10.8 Å². The lowest BCUT2D eigenvalue weighted by Gasteiger charge is -2.39. The number of nitrogens with one attached hydrogen (secondary N) is 2. The van der Waals surface area contributed by atoms with Gasteiger partial charge in [0.25, 0.3) is 0 Å². The summed E-state index contributed by atoms with van der Waals surface area (Å²) >= 11 is 6.33. The topological polar surface area (TPSA) is 85.9 Å². The van der Waals surface area contributed by atoms with Crippen LogP contribution < -0.4 is 20.3 Å². The number of aromatic nitrogens is 2. The Morgan fingerprint density at radius 1 is 1.11 bits per heavy atom. The molecule has 37 heavy (non-hydrogen) atoms. The minimum Gasteiger partial charge on any atom is -0.437 e. The van der Waals surface area contributed by atoms with E-state index in [0.29, 0.717) is 29.8 Å². The van der Waals surface area contributed by atoms with E-state index in [9.17, 15) is 4.79 Å². The molecule has 3 heterocycles. The van der Waals surface area contributed by atoms with E-state index in [1.807, 2.05) is 36.4 Å². The van der Waals surface area contributed by atoms with Gasteiger partial charge in [-0.2, -0.15) is 4.98 Å². The van der Waals surface area contributed by atoms with Gasteiger partial charge in [-0.3, -0.25) is 4.79 Å². The van der Waals surface area contributed by atoms with Crippen LogP contribution in [0.25, 0.3) is 0 Å². The lowest BCUT2D eigenvalue weighted by Crippen LogP contribution is -2.56. The molecule has 0 aliphatic carbocycles. The summed E-state index contributed by atoms with van der Waals surface area (Å²) in [7, 11) is 2.15. The molecular formula is C27H30ClN7O2. The molecule has 9 nitrogen and oxygen atoms in total. The Kier molecular flexibility index (Phi) is 7.43. The Balaban J connectivity index is 1.20. The molecule has 10 heteroatoms. The van der Waals surface area contributed by atoms with Crippen molar-refractivity contribution >= 4 is 40.5 Å². The number of carbonyl (C=O) groups excluding carboxylic acids is 1. The third-order valence-corrected chi connectivity index (χ3v) is 6.75. The quantitative estimate of drug-likeness (QED) is 0.428. The standard InChI is InChI=1S/C27H30ClN7O2/c1-3-25(36)35-17-21(18-35)30-20-5-4-6-23(15-20)37-26-24(28)16-29-27(32-26)31-19-7-9-22(10-8-19)34-13-11-33(2)12-14-34/h3-10,15-16,21,30H,1,11-14,17-18H2,2H3,(H,29,31,32). The number of likely N-dealkylation sites (tertiary alicyclic amines) is 1. The smallest absolute Gasteiger partial charge is 0.246 e. The molecule has 2 saturated heterocycles. The van der Waals surface area contributed by atoms with Crippen molar-refractivity contribution in [3.63, 3.8) is 0 Å². The van der Waals surface area contributed by atoms with Crippen LogP contribution in [0.15, 0.2) is 67.4 Å². The first-order chi connectivity index (χ1) is 18.0. The molecule has 0 unspecified atom stereocenters. The second-order valence-corrected chi connectivity index (χ2v) is 9.63. The van der Waals surface area contributed by atoms with Crippen molar-refractivity contribution in [1.82, 2.24) is 19.8 Å². The maximum atomic E-state index is 11.6. The van der Waals surface area contributed by atoms with Crippen molar-refractivity contribution in [2.24, 2.45) is 0 Å². The average Bonchev–Trinajstić information content (AvgIpc) is 2.89. The van der Waals surface area contributed by atoms with E-state index >= 15 is 0 Å². The summed E-state index contributed by atoms with van der Waals surface area (Å²) in [5, 5.41) is 6.95. The normalized spacial score (nSPS) is 16.2. The van der Waals surface area contributed by atoms with Crippen LogP contribution >= 0.6 is 11.6 Å². The highest BCUT2D eigenvalue weighted by molar-refractivity contribution is 6.31. The van der Waals surface area contributed by atoms with Gasteiger partial charge in [-0.1, -0.05) is 24.2 Å². The number of piperazine rings is 1. The number of rotatable bonds is 8. The maximum absolute atomic E-state index is 11.6. The third-order valence-electron chi connectivity index (χ3n) is 6.49. The van der Waals surface area contributed by atoms with E-state index in [1.54, 1.807) is 4.90 Å². The number of hydrogen-bond donors (Lipinski definition) is 2. The summed E-state index contributed by atoms with van der Waals surface area (Å²) in [6, 6.07) is 16.0. The number of hydrogen-bond acceptors (Lipinski definition) is 8. The number of likely N-dealkylation sites (N-methyl/N-ethyl adjacent to an activating group) is 1. The highest BCUT2D eigenvalue weighted by Crippen LogP contribution is 2.30. The fourth-order valence-electron chi connectivity index (χ4n) is 4.31. The minimum absolute atomic E-state index is 0.0519. The summed E-state index contributed by atoms with van der Waals surface area (Å²) in [5.74, 6) is 1.19. The predicted molar refractivity (Wildman–Crippen MR) is 147 cm³/mol. The summed E-state index contributed by atoms with van der Waals surface area (Å²) in [5.41, 5.74) is 2.97. The van der Waals surface area contributed by atoms with Gasteiger partial charge in [0.05, 0.1) is 12.2 Å². The van der Waals surface area contributed by atoms with Gasteiger partial charge >= 0.3 is 0 Å². The summed E-state index contributed by atoms with van der Waals surface area (Å²) in [4.78, 5) is 26.9. The van der Waals surface area contributed by atoms with Gasteiger partial charge in [0.2, 0.25) is 17.7 Å². The minimum atomic E-state index is -0.0519. The van der Waals surface area contributed by atoms with Crippen molar-refractivity contribution in [3.05, 3.63) is 72.4 Å². The van der Waals surface area contributed by atoms with Crippen molar-refractivity contribution in [2.45, 2.75) is 6.04 Å². The van der Waals surface area contributed by atoms with Gasteiger partial charge < -0.3 is 30.1 Å². The van der Waals surface area contributed by atoms with Crippen LogP contribution in [0.1, 0.15) is 0 Å². The van der Waals surface area contributed by atoms with Crippen LogP contribution in [0.5, 0.6) is 11.6 Å². The fourth-order valence-corrected chi connectivity index (χ4v) is 4.44. The van der Waals surface area contributed by atoms with Crippen LogP contribution in [-0.2, 0) is 4.79 Å². The van der Waals surface area contributed by atoms with Gasteiger partial charge in [0.15, 0.2) is 0 Å². The first-order valence-corrected chi connectivity index (χ1v) is 12.6. The molecule has 2 aromatic carbocycles. The highest BCUT2D eigenvalue weighted by Gasteiger charge is 2.29. The number of anilines is 4. The largest absolute Gasteiger partial charge is 0.437 e. The summed E-state index contributed by atoms with van der Waals surface area (Å²) in [6.45, 7) is 8.98. The molecule has 3 aromatic rings. The van der Waals surface area contributed by atoms with Crippen LogP contribution in [-0.4, -0.2) is 78.0 Å². The SMILES string of the molecule is C=CC(=O)N1CC(Nc2cccc(Oc3nc(Nc4ccc(N5CCN(C)CC5)cc4)ncc3Cl)c2)C1. The lowest BCUT2D eigenvalue weighted by atomic mass is 10.1. The number of carbonyl (C=O) groups is 1. The molecule has 2 aliphatic heterocycles.